The van der Waals surface area contributed by atoms with E-state index in [0.717, 1.165) is 12.1 Å². The third kappa shape index (κ3) is 4.66. The normalized spacial score (nSPS) is 11.1. The smallest absolute Gasteiger partial charge is 0.266 e. The molecule has 2 N–H and O–H groups in total. The van der Waals surface area contributed by atoms with E-state index in [2.05, 4.69) is 5.43 Å². The van der Waals surface area contributed by atoms with Gasteiger partial charge in [0.05, 0.1) is 5.75 Å². The van der Waals surface area contributed by atoms with Crippen LogP contribution in [0.2, 0.25) is 0 Å². The minimum atomic E-state index is -3.70. The van der Waals surface area contributed by atoms with Crippen molar-refractivity contribution in [3.8, 4) is 0 Å². The van der Waals surface area contributed by atoms with Crippen molar-refractivity contribution in [3.63, 3.8) is 0 Å². The van der Waals surface area contributed by atoms with Crippen molar-refractivity contribution in [1.29, 1.82) is 0 Å². The van der Waals surface area contributed by atoms with Crippen LogP contribution in [-0.2, 0) is 15.8 Å². The Labute approximate surface area is 121 Å². The van der Waals surface area contributed by atoms with E-state index in [1.165, 1.54) is 12.1 Å². The van der Waals surface area contributed by atoms with Gasteiger partial charge in [0, 0.05) is 5.56 Å². The molecule has 0 fully saturated rings. The predicted molar refractivity (Wildman–Crippen MR) is 76.1 cm³/mol. The lowest BCUT2D eigenvalue weighted by molar-refractivity contribution is 0.0945. The van der Waals surface area contributed by atoms with Crippen LogP contribution in [0, 0.1) is 5.82 Å². The fraction of sp³-hybridized carbons (Fsp3) is 0.0714. The van der Waals surface area contributed by atoms with Crippen LogP contribution in [0.25, 0.3) is 0 Å². The summed E-state index contributed by atoms with van der Waals surface area (Å²) >= 11 is 0. The molecule has 1 amide bonds. The number of benzene rings is 2. The van der Waals surface area contributed by atoms with Gasteiger partial charge in [0.2, 0.25) is 10.0 Å². The molecule has 2 rings (SSSR count). The highest BCUT2D eigenvalue weighted by molar-refractivity contribution is 7.88. The lowest BCUT2D eigenvalue weighted by atomic mass is 10.2. The molecule has 21 heavy (non-hydrogen) atoms. The fourth-order valence-electron chi connectivity index (χ4n) is 1.63. The van der Waals surface area contributed by atoms with E-state index in [1.807, 2.05) is 4.83 Å². The van der Waals surface area contributed by atoms with Gasteiger partial charge in [-0.15, -0.1) is 4.83 Å². The number of hydrazine groups is 1. The number of halogens is 1. The van der Waals surface area contributed by atoms with Gasteiger partial charge >= 0.3 is 0 Å². The molecule has 0 radical (unpaired) electrons. The average molecular weight is 308 g/mol. The SMILES string of the molecule is O=C(NNS(=O)(=O)Cc1ccccc1)c1ccc(F)cc1. The lowest BCUT2D eigenvalue weighted by Crippen LogP contribution is -2.42. The predicted octanol–water partition coefficient (Wildman–Crippen LogP) is 1.59. The van der Waals surface area contributed by atoms with E-state index < -0.39 is 21.7 Å². The Morgan fingerprint density at radius 1 is 1.00 bits per heavy atom. The number of amides is 1. The average Bonchev–Trinajstić information content (AvgIpc) is 2.46. The van der Waals surface area contributed by atoms with Crippen LogP contribution in [0.15, 0.2) is 54.6 Å². The second kappa shape index (κ2) is 6.47. The Morgan fingerprint density at radius 3 is 2.24 bits per heavy atom. The molecule has 0 atom stereocenters. The van der Waals surface area contributed by atoms with E-state index in [9.17, 15) is 17.6 Å². The summed E-state index contributed by atoms with van der Waals surface area (Å²) in [6.45, 7) is 0. The van der Waals surface area contributed by atoms with Gasteiger partial charge < -0.3 is 0 Å². The number of hydrogen-bond donors (Lipinski definition) is 2. The van der Waals surface area contributed by atoms with Gasteiger partial charge in [-0.1, -0.05) is 30.3 Å². The van der Waals surface area contributed by atoms with E-state index in [-0.39, 0.29) is 11.3 Å². The molecule has 0 spiro atoms. The van der Waals surface area contributed by atoms with Crippen LogP contribution in [0.3, 0.4) is 0 Å². The summed E-state index contributed by atoms with van der Waals surface area (Å²) in [5.41, 5.74) is 2.83. The van der Waals surface area contributed by atoms with Crippen LogP contribution >= 0.6 is 0 Å². The maximum absolute atomic E-state index is 12.7. The number of carbonyl (C=O) groups excluding carboxylic acids is 1. The summed E-state index contributed by atoms with van der Waals surface area (Å²) in [4.78, 5) is 13.7. The van der Waals surface area contributed by atoms with Crippen molar-refractivity contribution in [1.82, 2.24) is 10.3 Å². The molecule has 0 bridgehead atoms. The van der Waals surface area contributed by atoms with Gasteiger partial charge in [0.15, 0.2) is 0 Å². The van der Waals surface area contributed by atoms with Gasteiger partial charge in [0.1, 0.15) is 5.82 Å². The van der Waals surface area contributed by atoms with Gasteiger partial charge in [-0.25, -0.2) is 12.8 Å². The molecule has 0 unspecified atom stereocenters. The molecule has 0 saturated carbocycles. The molecule has 0 heterocycles. The summed E-state index contributed by atoms with van der Waals surface area (Å²) in [5.74, 6) is -1.39. The second-order valence-electron chi connectivity index (χ2n) is 4.31. The molecular weight excluding hydrogens is 295 g/mol. The van der Waals surface area contributed by atoms with Crippen molar-refractivity contribution in [3.05, 3.63) is 71.5 Å². The molecule has 2 aromatic carbocycles. The molecule has 110 valence electrons. The zero-order valence-corrected chi connectivity index (χ0v) is 11.7. The zero-order chi connectivity index (χ0) is 15.3. The number of carbonyl (C=O) groups is 1. The van der Waals surface area contributed by atoms with E-state index in [1.54, 1.807) is 30.3 Å². The number of hydrogen-bond acceptors (Lipinski definition) is 3. The highest BCUT2D eigenvalue weighted by Crippen LogP contribution is 2.04. The van der Waals surface area contributed by atoms with E-state index in [0.29, 0.717) is 5.56 Å². The minimum Gasteiger partial charge on any atom is -0.274 e. The van der Waals surface area contributed by atoms with Crippen molar-refractivity contribution < 1.29 is 17.6 Å². The molecule has 0 aliphatic rings. The maximum Gasteiger partial charge on any atom is 0.266 e. The first kappa shape index (κ1) is 15.1. The van der Waals surface area contributed by atoms with Crippen molar-refractivity contribution in [2.24, 2.45) is 0 Å². The summed E-state index contributed by atoms with van der Waals surface area (Å²) in [7, 11) is -3.70. The monoisotopic (exact) mass is 308 g/mol. The van der Waals surface area contributed by atoms with Crippen molar-refractivity contribution >= 4 is 15.9 Å². The molecule has 0 saturated heterocycles. The van der Waals surface area contributed by atoms with Gasteiger partial charge in [0.25, 0.3) is 5.91 Å². The van der Waals surface area contributed by atoms with Gasteiger partial charge in [-0.05, 0) is 29.8 Å². The lowest BCUT2D eigenvalue weighted by Gasteiger charge is -2.08. The zero-order valence-electron chi connectivity index (χ0n) is 10.9. The third-order valence-electron chi connectivity index (χ3n) is 2.63. The number of rotatable bonds is 5. The summed E-state index contributed by atoms with van der Waals surface area (Å²) in [6.07, 6.45) is 0. The molecular formula is C14H13FN2O3S. The van der Waals surface area contributed by atoms with Crippen molar-refractivity contribution in [2.75, 3.05) is 0 Å². The van der Waals surface area contributed by atoms with Crippen LogP contribution in [0.5, 0.6) is 0 Å². The van der Waals surface area contributed by atoms with Crippen LogP contribution < -0.4 is 10.3 Å². The van der Waals surface area contributed by atoms with Crippen LogP contribution in [-0.4, -0.2) is 14.3 Å². The Bertz CT molecular complexity index is 716. The first-order chi connectivity index (χ1) is 9.96. The largest absolute Gasteiger partial charge is 0.274 e. The van der Waals surface area contributed by atoms with Crippen molar-refractivity contribution in [2.45, 2.75) is 5.75 Å². The Morgan fingerprint density at radius 2 is 1.62 bits per heavy atom. The highest BCUT2D eigenvalue weighted by atomic mass is 32.2. The molecule has 5 nitrogen and oxygen atoms in total. The fourth-order valence-corrected chi connectivity index (χ4v) is 2.58. The molecule has 0 aliphatic carbocycles. The number of nitrogens with one attached hydrogen (secondary N) is 2. The quantitative estimate of drug-likeness (QED) is 0.824. The van der Waals surface area contributed by atoms with E-state index >= 15 is 0 Å². The Balaban J connectivity index is 1.95. The summed E-state index contributed by atoms with van der Waals surface area (Å²) in [6, 6.07) is 13.3. The molecule has 0 aromatic heterocycles. The van der Waals surface area contributed by atoms with Crippen LogP contribution in [0.4, 0.5) is 4.39 Å². The summed E-state index contributed by atoms with van der Waals surface area (Å²) < 4.78 is 36.3. The minimum absolute atomic E-state index is 0.152. The summed E-state index contributed by atoms with van der Waals surface area (Å²) in [5, 5.41) is 0. The Kier molecular flexibility index (Phi) is 4.66. The highest BCUT2D eigenvalue weighted by Gasteiger charge is 2.13. The second-order valence-corrected chi connectivity index (χ2v) is 6.03. The number of sulfonamides is 1. The topological polar surface area (TPSA) is 75.3 Å². The molecule has 0 aliphatic heterocycles. The first-order valence-electron chi connectivity index (χ1n) is 6.05. The first-order valence-corrected chi connectivity index (χ1v) is 7.71. The van der Waals surface area contributed by atoms with Gasteiger partial charge in [-0.2, -0.15) is 0 Å². The molecule has 2 aromatic rings. The van der Waals surface area contributed by atoms with Crippen LogP contribution in [0.1, 0.15) is 15.9 Å². The van der Waals surface area contributed by atoms with Gasteiger partial charge in [-0.3, -0.25) is 10.2 Å². The third-order valence-corrected chi connectivity index (χ3v) is 3.75. The standard InChI is InChI=1S/C14H13FN2O3S/c15-13-8-6-12(7-9-13)14(18)16-17-21(19,20)10-11-4-2-1-3-5-11/h1-9,17H,10H2,(H,16,18). The van der Waals surface area contributed by atoms with E-state index in [4.69, 9.17) is 0 Å². The molecule has 7 heteroatoms. The maximum atomic E-state index is 12.7. The Hall–Kier alpha value is -2.25.